The number of ether oxygens (including phenoxy) is 1. The summed E-state index contributed by atoms with van der Waals surface area (Å²) in [6.45, 7) is 4.60. The van der Waals surface area contributed by atoms with Crippen molar-refractivity contribution < 1.29 is 9.53 Å². The van der Waals surface area contributed by atoms with Crippen molar-refractivity contribution in [1.29, 1.82) is 0 Å². The molecule has 3 heteroatoms. The van der Waals surface area contributed by atoms with Crippen LogP contribution in [0.2, 0.25) is 0 Å². The Labute approximate surface area is 126 Å². The van der Waals surface area contributed by atoms with Crippen molar-refractivity contribution in [1.82, 2.24) is 0 Å². The summed E-state index contributed by atoms with van der Waals surface area (Å²) in [5.74, 6) is 0.868. The molecule has 1 N–H and O–H groups in total. The Hall–Kier alpha value is -2.29. The van der Waals surface area contributed by atoms with E-state index >= 15 is 0 Å². The maximum Gasteiger partial charge on any atom is 0.224 e. The number of hydrogen-bond donors (Lipinski definition) is 1. The molecule has 2 aromatic rings. The maximum absolute atomic E-state index is 11.9. The lowest BCUT2D eigenvalue weighted by molar-refractivity contribution is -0.116. The lowest BCUT2D eigenvalue weighted by atomic mass is 10.1. The average Bonchev–Trinajstić information content (AvgIpc) is 2.49. The summed E-state index contributed by atoms with van der Waals surface area (Å²) in [7, 11) is 0. The smallest absolute Gasteiger partial charge is 0.224 e. The highest BCUT2D eigenvalue weighted by molar-refractivity contribution is 5.91. The van der Waals surface area contributed by atoms with Crippen LogP contribution in [0.3, 0.4) is 0 Å². The normalized spacial score (nSPS) is 10.2. The fourth-order valence-electron chi connectivity index (χ4n) is 2.04. The van der Waals surface area contributed by atoms with Crippen LogP contribution < -0.4 is 10.1 Å². The molecule has 0 aliphatic heterocycles. The van der Waals surface area contributed by atoms with E-state index in [0.717, 1.165) is 17.0 Å². The number of hydrogen-bond acceptors (Lipinski definition) is 2. The Balaban J connectivity index is 1.74. The van der Waals surface area contributed by atoms with Crippen molar-refractivity contribution in [2.24, 2.45) is 0 Å². The molecule has 0 saturated heterocycles. The summed E-state index contributed by atoms with van der Waals surface area (Å²) in [5.41, 5.74) is 3.19. The largest absolute Gasteiger partial charge is 0.494 e. The van der Waals surface area contributed by atoms with E-state index in [-0.39, 0.29) is 5.91 Å². The lowest BCUT2D eigenvalue weighted by Crippen LogP contribution is -2.13. The Morgan fingerprint density at radius 3 is 2.57 bits per heavy atom. The van der Waals surface area contributed by atoms with Crippen LogP contribution in [0.5, 0.6) is 5.75 Å². The number of carbonyl (C=O) groups is 1. The molecule has 0 radical (unpaired) electrons. The molecule has 0 atom stereocenters. The molecule has 110 valence electrons. The van der Waals surface area contributed by atoms with Crippen LogP contribution in [0.25, 0.3) is 0 Å². The standard InChI is InChI=1S/C18H21NO2/c1-14-8-6-11-17(15(14)2)19-18(20)12-7-13-21-16-9-4-3-5-10-16/h3-6,8-11H,7,12-13H2,1-2H3,(H,19,20). The number of para-hydroxylation sites is 1. The summed E-state index contributed by atoms with van der Waals surface area (Å²) in [5, 5.41) is 2.96. The Morgan fingerprint density at radius 2 is 1.81 bits per heavy atom. The highest BCUT2D eigenvalue weighted by Crippen LogP contribution is 2.18. The van der Waals surface area contributed by atoms with E-state index in [4.69, 9.17) is 4.74 Å². The van der Waals surface area contributed by atoms with Gasteiger partial charge in [-0.2, -0.15) is 0 Å². The minimum Gasteiger partial charge on any atom is -0.494 e. The Kier molecular flexibility index (Phi) is 5.38. The molecule has 0 saturated carbocycles. The second-order valence-electron chi connectivity index (χ2n) is 5.06. The van der Waals surface area contributed by atoms with E-state index in [1.165, 1.54) is 5.56 Å². The van der Waals surface area contributed by atoms with Gasteiger partial charge in [0.2, 0.25) is 5.91 Å². The molecule has 0 fully saturated rings. The fourth-order valence-corrected chi connectivity index (χ4v) is 2.04. The summed E-state index contributed by atoms with van der Waals surface area (Å²) in [6.07, 6.45) is 1.16. The fraction of sp³-hybridized carbons (Fsp3) is 0.278. The van der Waals surface area contributed by atoms with Crippen LogP contribution in [0.15, 0.2) is 48.5 Å². The Bertz CT molecular complexity index is 593. The third-order valence-electron chi connectivity index (χ3n) is 3.44. The van der Waals surface area contributed by atoms with Gasteiger partial charge in [-0.1, -0.05) is 30.3 Å². The van der Waals surface area contributed by atoms with Gasteiger partial charge in [0.1, 0.15) is 5.75 Å². The van der Waals surface area contributed by atoms with Gasteiger partial charge >= 0.3 is 0 Å². The van der Waals surface area contributed by atoms with Crippen LogP contribution >= 0.6 is 0 Å². The van der Waals surface area contributed by atoms with Gasteiger partial charge in [-0.25, -0.2) is 0 Å². The molecule has 2 aromatic carbocycles. The number of benzene rings is 2. The molecule has 0 unspecified atom stereocenters. The van der Waals surface area contributed by atoms with Crippen LogP contribution in [-0.4, -0.2) is 12.5 Å². The first kappa shape index (κ1) is 15.1. The van der Waals surface area contributed by atoms with Gasteiger partial charge in [0.15, 0.2) is 0 Å². The zero-order valence-corrected chi connectivity index (χ0v) is 12.6. The second kappa shape index (κ2) is 7.48. The number of rotatable bonds is 6. The van der Waals surface area contributed by atoms with E-state index in [2.05, 4.69) is 5.32 Å². The highest BCUT2D eigenvalue weighted by Gasteiger charge is 2.05. The minimum absolute atomic E-state index is 0.0281. The van der Waals surface area contributed by atoms with Gasteiger partial charge in [-0.15, -0.1) is 0 Å². The zero-order valence-electron chi connectivity index (χ0n) is 12.6. The van der Waals surface area contributed by atoms with E-state index in [9.17, 15) is 4.79 Å². The van der Waals surface area contributed by atoms with Gasteiger partial charge in [0.05, 0.1) is 6.61 Å². The monoisotopic (exact) mass is 283 g/mol. The highest BCUT2D eigenvalue weighted by atomic mass is 16.5. The number of anilines is 1. The van der Waals surface area contributed by atoms with Crippen LogP contribution in [-0.2, 0) is 4.79 Å². The zero-order chi connectivity index (χ0) is 15.1. The van der Waals surface area contributed by atoms with Gasteiger partial charge in [-0.05, 0) is 49.6 Å². The summed E-state index contributed by atoms with van der Waals surface area (Å²) < 4.78 is 5.57. The van der Waals surface area contributed by atoms with Gasteiger partial charge < -0.3 is 10.1 Å². The topological polar surface area (TPSA) is 38.3 Å². The SMILES string of the molecule is Cc1cccc(NC(=O)CCCOc2ccccc2)c1C. The molecule has 2 rings (SSSR count). The molecule has 0 heterocycles. The number of nitrogens with one attached hydrogen (secondary N) is 1. The molecule has 0 spiro atoms. The summed E-state index contributed by atoms with van der Waals surface area (Å²) >= 11 is 0. The van der Waals surface area contributed by atoms with Crippen molar-refractivity contribution in [2.45, 2.75) is 26.7 Å². The lowest BCUT2D eigenvalue weighted by Gasteiger charge is -2.10. The van der Waals surface area contributed by atoms with Crippen molar-refractivity contribution in [3.8, 4) is 5.75 Å². The van der Waals surface area contributed by atoms with E-state index in [0.29, 0.717) is 19.4 Å². The van der Waals surface area contributed by atoms with Crippen molar-refractivity contribution in [3.63, 3.8) is 0 Å². The molecule has 3 nitrogen and oxygen atoms in total. The molecule has 21 heavy (non-hydrogen) atoms. The van der Waals surface area contributed by atoms with Gasteiger partial charge in [0, 0.05) is 12.1 Å². The maximum atomic E-state index is 11.9. The predicted molar refractivity (Wildman–Crippen MR) is 85.7 cm³/mol. The van der Waals surface area contributed by atoms with Crippen molar-refractivity contribution >= 4 is 11.6 Å². The first-order valence-electron chi connectivity index (χ1n) is 7.21. The quantitative estimate of drug-likeness (QED) is 0.810. The molecule has 0 aliphatic rings. The average molecular weight is 283 g/mol. The van der Waals surface area contributed by atoms with Crippen LogP contribution in [0, 0.1) is 13.8 Å². The number of aryl methyl sites for hydroxylation is 1. The van der Waals surface area contributed by atoms with Gasteiger partial charge in [0.25, 0.3) is 0 Å². The third kappa shape index (κ3) is 4.63. The summed E-state index contributed by atoms with van der Waals surface area (Å²) in [4.78, 5) is 11.9. The van der Waals surface area contributed by atoms with Gasteiger partial charge in [-0.3, -0.25) is 4.79 Å². The molecule has 0 aliphatic carbocycles. The number of amides is 1. The minimum atomic E-state index is 0.0281. The Morgan fingerprint density at radius 1 is 1.05 bits per heavy atom. The first-order chi connectivity index (χ1) is 10.2. The van der Waals surface area contributed by atoms with Crippen molar-refractivity contribution in [2.75, 3.05) is 11.9 Å². The van der Waals surface area contributed by atoms with E-state index in [1.807, 2.05) is 62.4 Å². The van der Waals surface area contributed by atoms with Crippen LogP contribution in [0.1, 0.15) is 24.0 Å². The predicted octanol–water partition coefficient (Wildman–Crippen LogP) is 4.10. The first-order valence-corrected chi connectivity index (χ1v) is 7.21. The molecule has 0 bridgehead atoms. The molecular weight excluding hydrogens is 262 g/mol. The van der Waals surface area contributed by atoms with E-state index < -0.39 is 0 Å². The second-order valence-corrected chi connectivity index (χ2v) is 5.06. The van der Waals surface area contributed by atoms with Crippen molar-refractivity contribution in [3.05, 3.63) is 59.7 Å². The summed E-state index contributed by atoms with van der Waals surface area (Å²) in [6, 6.07) is 15.6. The molecule has 1 amide bonds. The van der Waals surface area contributed by atoms with Crippen LogP contribution in [0.4, 0.5) is 5.69 Å². The van der Waals surface area contributed by atoms with E-state index in [1.54, 1.807) is 0 Å². The molecule has 0 aromatic heterocycles. The number of carbonyl (C=O) groups excluding carboxylic acids is 1. The third-order valence-corrected chi connectivity index (χ3v) is 3.44. The molecular formula is C18H21NO2.